The lowest BCUT2D eigenvalue weighted by atomic mass is 10.1. The Morgan fingerprint density at radius 2 is 1.03 bits per heavy atom. The SMILES string of the molecule is COCCOCCOCCOCCOCCOCCOCCOCCC(=O)NCCCC[C@@H](N)C(=O)O. The molecule has 13 nitrogen and oxygen atoms in total. The van der Waals surface area contributed by atoms with Gasteiger partial charge in [0.05, 0.1) is 99.1 Å². The summed E-state index contributed by atoms with van der Waals surface area (Å²) in [5.41, 5.74) is 5.42. The third-order valence-electron chi connectivity index (χ3n) is 4.72. The van der Waals surface area contributed by atoms with E-state index >= 15 is 0 Å². The number of carboxylic acid groups (broad SMARTS) is 1. The van der Waals surface area contributed by atoms with Crippen molar-refractivity contribution in [3.05, 3.63) is 0 Å². The Balaban J connectivity index is 3.15. The summed E-state index contributed by atoms with van der Waals surface area (Å²) in [6.07, 6.45) is 2.00. The van der Waals surface area contributed by atoms with Crippen LogP contribution in [-0.4, -0.2) is 136 Å². The fraction of sp³-hybridized carbons (Fsp3) is 0.917. The molecular formula is C24H48N2O11. The average molecular weight is 541 g/mol. The molecule has 13 heteroatoms. The highest BCUT2D eigenvalue weighted by molar-refractivity contribution is 5.75. The Kier molecular flexibility index (Phi) is 28.0. The lowest BCUT2D eigenvalue weighted by Crippen LogP contribution is -2.30. The van der Waals surface area contributed by atoms with Crippen molar-refractivity contribution in [3.8, 4) is 0 Å². The molecule has 37 heavy (non-hydrogen) atoms. The fourth-order valence-electron chi connectivity index (χ4n) is 2.66. The molecule has 0 saturated heterocycles. The predicted molar refractivity (Wildman–Crippen MR) is 135 cm³/mol. The van der Waals surface area contributed by atoms with Crippen LogP contribution in [0.2, 0.25) is 0 Å². The van der Waals surface area contributed by atoms with Gasteiger partial charge in [-0.2, -0.15) is 0 Å². The first-order valence-electron chi connectivity index (χ1n) is 12.9. The molecule has 1 amide bonds. The lowest BCUT2D eigenvalue weighted by molar-refractivity contribution is -0.138. The normalized spacial score (nSPS) is 12.1. The molecule has 0 aliphatic carbocycles. The van der Waals surface area contributed by atoms with E-state index in [-0.39, 0.29) is 12.3 Å². The third-order valence-corrected chi connectivity index (χ3v) is 4.72. The summed E-state index contributed by atoms with van der Waals surface area (Å²) in [5.74, 6) is -1.11. The summed E-state index contributed by atoms with van der Waals surface area (Å²) in [5, 5.41) is 11.5. The minimum Gasteiger partial charge on any atom is -0.480 e. The number of carbonyl (C=O) groups excluding carboxylic acids is 1. The minimum atomic E-state index is -1.00. The van der Waals surface area contributed by atoms with Gasteiger partial charge in [-0.1, -0.05) is 0 Å². The maximum absolute atomic E-state index is 11.7. The molecule has 0 unspecified atom stereocenters. The van der Waals surface area contributed by atoms with Crippen LogP contribution in [0.5, 0.6) is 0 Å². The minimum absolute atomic E-state index is 0.102. The molecule has 4 N–H and O–H groups in total. The first kappa shape index (κ1) is 35.6. The number of amides is 1. The number of unbranched alkanes of at least 4 members (excludes halogenated alkanes) is 1. The number of aliphatic carboxylic acids is 1. The summed E-state index contributed by atoms with van der Waals surface area (Å²) >= 11 is 0. The topological polar surface area (TPSA) is 166 Å². The zero-order valence-corrected chi connectivity index (χ0v) is 22.3. The van der Waals surface area contributed by atoms with Crippen molar-refractivity contribution < 1.29 is 52.6 Å². The quantitative estimate of drug-likeness (QED) is 0.103. The molecule has 0 saturated carbocycles. The zero-order valence-electron chi connectivity index (χ0n) is 22.3. The molecule has 0 aromatic rings. The Bertz CT molecular complexity index is 515. The molecule has 0 aromatic heterocycles. The number of hydrogen-bond acceptors (Lipinski definition) is 11. The van der Waals surface area contributed by atoms with Crippen molar-refractivity contribution in [2.45, 2.75) is 31.7 Å². The van der Waals surface area contributed by atoms with Crippen molar-refractivity contribution in [1.29, 1.82) is 0 Å². The first-order chi connectivity index (χ1) is 18.1. The number of nitrogens with one attached hydrogen (secondary N) is 1. The molecule has 0 fully saturated rings. The number of hydrogen-bond donors (Lipinski definition) is 3. The van der Waals surface area contributed by atoms with Gasteiger partial charge in [-0.3, -0.25) is 9.59 Å². The summed E-state index contributed by atoms with van der Waals surface area (Å²) in [6, 6.07) is -0.845. The molecule has 0 rings (SSSR count). The van der Waals surface area contributed by atoms with Crippen LogP contribution in [0, 0.1) is 0 Å². The van der Waals surface area contributed by atoms with Crippen molar-refractivity contribution in [3.63, 3.8) is 0 Å². The Hall–Kier alpha value is -1.42. The van der Waals surface area contributed by atoms with E-state index in [4.69, 9.17) is 48.7 Å². The van der Waals surface area contributed by atoms with Gasteiger partial charge >= 0.3 is 5.97 Å². The maximum atomic E-state index is 11.7. The predicted octanol–water partition coefficient (Wildman–Crippen LogP) is -0.162. The molecule has 220 valence electrons. The van der Waals surface area contributed by atoms with Crippen molar-refractivity contribution in [2.75, 3.05) is 113 Å². The van der Waals surface area contributed by atoms with Gasteiger partial charge in [0.15, 0.2) is 0 Å². The van der Waals surface area contributed by atoms with E-state index in [1.54, 1.807) is 7.11 Å². The van der Waals surface area contributed by atoms with Gasteiger partial charge in [0.1, 0.15) is 6.04 Å². The smallest absolute Gasteiger partial charge is 0.320 e. The van der Waals surface area contributed by atoms with Crippen LogP contribution >= 0.6 is 0 Å². The largest absolute Gasteiger partial charge is 0.480 e. The van der Waals surface area contributed by atoms with Crippen LogP contribution in [0.25, 0.3) is 0 Å². The summed E-state index contributed by atoms with van der Waals surface area (Å²) in [7, 11) is 1.64. The van der Waals surface area contributed by atoms with Crippen LogP contribution in [0.1, 0.15) is 25.7 Å². The van der Waals surface area contributed by atoms with E-state index in [0.717, 1.165) is 0 Å². The molecule has 0 aliphatic rings. The van der Waals surface area contributed by atoms with Crippen molar-refractivity contribution in [2.24, 2.45) is 5.73 Å². The van der Waals surface area contributed by atoms with Crippen molar-refractivity contribution in [1.82, 2.24) is 5.32 Å². The Morgan fingerprint density at radius 1 is 0.649 bits per heavy atom. The average Bonchev–Trinajstić information content (AvgIpc) is 2.88. The highest BCUT2D eigenvalue weighted by atomic mass is 16.6. The van der Waals surface area contributed by atoms with E-state index in [1.807, 2.05) is 0 Å². The fourth-order valence-corrected chi connectivity index (χ4v) is 2.66. The monoisotopic (exact) mass is 540 g/mol. The van der Waals surface area contributed by atoms with Crippen LogP contribution in [0.15, 0.2) is 0 Å². The number of rotatable bonds is 30. The van der Waals surface area contributed by atoms with Gasteiger partial charge in [-0.25, -0.2) is 0 Å². The second-order valence-corrected chi connectivity index (χ2v) is 7.82. The number of carboxylic acids is 1. The summed E-state index contributed by atoms with van der Waals surface area (Å²) < 4.78 is 42.5. The van der Waals surface area contributed by atoms with Gasteiger partial charge in [0, 0.05) is 20.1 Å². The second kappa shape index (κ2) is 29.1. The maximum Gasteiger partial charge on any atom is 0.320 e. The van der Waals surface area contributed by atoms with Crippen molar-refractivity contribution >= 4 is 11.9 Å². The van der Waals surface area contributed by atoms with E-state index in [1.165, 1.54) is 0 Å². The van der Waals surface area contributed by atoms with E-state index < -0.39 is 12.0 Å². The molecule has 0 aliphatic heterocycles. The van der Waals surface area contributed by atoms with Gasteiger partial charge in [-0.05, 0) is 19.3 Å². The van der Waals surface area contributed by atoms with E-state index in [9.17, 15) is 9.59 Å². The lowest BCUT2D eigenvalue weighted by Gasteiger charge is -2.09. The Labute approximate surface area is 220 Å². The van der Waals surface area contributed by atoms with Crippen LogP contribution < -0.4 is 11.1 Å². The van der Waals surface area contributed by atoms with Crippen LogP contribution in [0.3, 0.4) is 0 Å². The number of ether oxygens (including phenoxy) is 8. The van der Waals surface area contributed by atoms with Crippen LogP contribution in [-0.2, 0) is 47.5 Å². The molecular weight excluding hydrogens is 492 g/mol. The zero-order chi connectivity index (χ0) is 27.2. The van der Waals surface area contributed by atoms with E-state index in [0.29, 0.717) is 125 Å². The highest BCUT2D eigenvalue weighted by Crippen LogP contribution is 1.98. The van der Waals surface area contributed by atoms with Gasteiger partial charge in [-0.15, -0.1) is 0 Å². The summed E-state index contributed by atoms with van der Waals surface area (Å²) in [4.78, 5) is 22.3. The third kappa shape index (κ3) is 29.0. The van der Waals surface area contributed by atoms with Gasteiger partial charge in [0.2, 0.25) is 5.91 Å². The number of nitrogens with two attached hydrogens (primary N) is 1. The molecule has 0 bridgehead atoms. The van der Waals surface area contributed by atoms with E-state index in [2.05, 4.69) is 5.32 Å². The summed E-state index contributed by atoms with van der Waals surface area (Å²) in [6.45, 7) is 7.79. The highest BCUT2D eigenvalue weighted by Gasteiger charge is 2.10. The molecule has 0 heterocycles. The number of methoxy groups -OCH3 is 1. The standard InChI is InChI=1S/C24H48N2O11/c1-30-8-9-32-12-13-34-16-17-36-20-21-37-19-18-35-15-14-33-11-10-31-7-5-23(27)26-6-3-2-4-22(25)24(28)29/h22H,2-21,25H2,1H3,(H,26,27)(H,28,29)/t22-/m1/s1. The number of carbonyl (C=O) groups is 2. The Morgan fingerprint density at radius 3 is 1.41 bits per heavy atom. The second-order valence-electron chi connectivity index (χ2n) is 7.82. The van der Waals surface area contributed by atoms with Gasteiger partial charge < -0.3 is 54.1 Å². The first-order valence-corrected chi connectivity index (χ1v) is 12.9. The van der Waals surface area contributed by atoms with Crippen LogP contribution in [0.4, 0.5) is 0 Å². The molecule has 0 radical (unpaired) electrons. The van der Waals surface area contributed by atoms with Gasteiger partial charge in [0.25, 0.3) is 0 Å². The molecule has 0 aromatic carbocycles. The molecule has 1 atom stereocenters. The molecule has 0 spiro atoms.